The van der Waals surface area contributed by atoms with Crippen molar-refractivity contribution in [3.8, 4) is 10.6 Å². The summed E-state index contributed by atoms with van der Waals surface area (Å²) in [6.45, 7) is 2.17. The zero-order chi connectivity index (χ0) is 14.8. The Labute approximate surface area is 130 Å². The Balaban J connectivity index is 1.86. The molecule has 1 aromatic heterocycles. The summed E-state index contributed by atoms with van der Waals surface area (Å²) in [5.41, 5.74) is 0.643. The van der Waals surface area contributed by atoms with Gasteiger partial charge in [-0.25, -0.2) is 9.37 Å². The Morgan fingerprint density at radius 3 is 2.90 bits per heavy atom. The highest BCUT2D eigenvalue weighted by Gasteiger charge is 2.22. The van der Waals surface area contributed by atoms with Gasteiger partial charge in [-0.15, -0.1) is 11.3 Å². The summed E-state index contributed by atoms with van der Waals surface area (Å²) < 4.78 is 19.2. The van der Waals surface area contributed by atoms with Crippen LogP contribution >= 0.6 is 22.9 Å². The number of rotatable bonds is 2. The molecule has 2 aromatic rings. The van der Waals surface area contributed by atoms with Crippen molar-refractivity contribution in [2.75, 3.05) is 26.3 Å². The van der Waals surface area contributed by atoms with Gasteiger partial charge in [0.05, 0.1) is 18.2 Å². The maximum Gasteiger partial charge on any atom is 0.273 e. The average Bonchev–Trinajstić information content (AvgIpc) is 3.00. The number of halogens is 2. The zero-order valence-corrected chi connectivity index (χ0v) is 12.6. The van der Waals surface area contributed by atoms with Gasteiger partial charge in [0.1, 0.15) is 10.7 Å². The Hall–Kier alpha value is -1.50. The number of benzene rings is 1. The molecule has 1 aliphatic rings. The fraction of sp³-hybridized carbons (Fsp3) is 0.286. The molecular formula is C14H12ClFN2O2S. The van der Waals surface area contributed by atoms with Crippen LogP contribution in [0.4, 0.5) is 4.39 Å². The summed E-state index contributed by atoms with van der Waals surface area (Å²) in [5, 5.41) is 2.14. The van der Waals surface area contributed by atoms with E-state index >= 15 is 0 Å². The summed E-state index contributed by atoms with van der Waals surface area (Å²) >= 11 is 7.00. The van der Waals surface area contributed by atoms with Crippen molar-refractivity contribution in [2.45, 2.75) is 0 Å². The molecule has 0 N–H and O–H groups in total. The number of nitrogens with zero attached hydrogens (tertiary/aromatic N) is 2. The molecule has 3 rings (SSSR count). The molecule has 110 valence electrons. The first kappa shape index (κ1) is 14.4. The lowest BCUT2D eigenvalue weighted by atomic mass is 10.2. The minimum absolute atomic E-state index is 0.0451. The first-order valence-electron chi connectivity index (χ1n) is 6.44. The molecule has 0 spiro atoms. The number of carbonyl (C=O) groups is 1. The van der Waals surface area contributed by atoms with E-state index in [0.29, 0.717) is 42.6 Å². The number of ether oxygens (including phenoxy) is 1. The number of carbonyl (C=O) groups excluding carboxylic acids is 1. The third-order valence-corrected chi connectivity index (χ3v) is 4.37. The van der Waals surface area contributed by atoms with Crippen molar-refractivity contribution in [3.05, 3.63) is 40.1 Å². The Bertz CT molecular complexity index is 671. The van der Waals surface area contributed by atoms with Crippen LogP contribution in [0.3, 0.4) is 0 Å². The molecule has 7 heteroatoms. The van der Waals surface area contributed by atoms with Gasteiger partial charge in [-0.3, -0.25) is 4.79 Å². The van der Waals surface area contributed by atoms with Crippen molar-refractivity contribution in [3.63, 3.8) is 0 Å². The molecule has 21 heavy (non-hydrogen) atoms. The van der Waals surface area contributed by atoms with E-state index in [1.54, 1.807) is 22.4 Å². The van der Waals surface area contributed by atoms with Gasteiger partial charge < -0.3 is 9.64 Å². The Morgan fingerprint density at radius 2 is 2.14 bits per heavy atom. The predicted octanol–water partition coefficient (Wildman–Crippen LogP) is 3.08. The fourth-order valence-corrected chi connectivity index (χ4v) is 3.08. The lowest BCUT2D eigenvalue weighted by Crippen LogP contribution is -2.40. The first-order chi connectivity index (χ1) is 10.2. The minimum Gasteiger partial charge on any atom is -0.378 e. The SMILES string of the molecule is O=C(c1csc(-c2cccc(Cl)c2F)n1)N1CCOCC1. The second kappa shape index (κ2) is 6.09. The number of aromatic nitrogens is 1. The molecule has 2 heterocycles. The maximum atomic E-state index is 14.0. The predicted molar refractivity (Wildman–Crippen MR) is 79.2 cm³/mol. The van der Waals surface area contributed by atoms with E-state index in [9.17, 15) is 9.18 Å². The molecule has 0 radical (unpaired) electrons. The molecule has 1 amide bonds. The molecule has 1 aromatic carbocycles. The second-order valence-electron chi connectivity index (χ2n) is 4.54. The molecule has 0 aliphatic carbocycles. The monoisotopic (exact) mass is 326 g/mol. The van der Waals surface area contributed by atoms with Crippen molar-refractivity contribution in [1.82, 2.24) is 9.88 Å². The van der Waals surface area contributed by atoms with E-state index in [2.05, 4.69) is 4.98 Å². The molecule has 0 bridgehead atoms. The molecule has 0 atom stereocenters. The van der Waals surface area contributed by atoms with E-state index in [0.717, 1.165) is 0 Å². The van der Waals surface area contributed by atoms with Gasteiger partial charge in [0, 0.05) is 24.0 Å². The van der Waals surface area contributed by atoms with Crippen molar-refractivity contribution >= 4 is 28.8 Å². The van der Waals surface area contributed by atoms with Gasteiger partial charge in [-0.2, -0.15) is 0 Å². The topological polar surface area (TPSA) is 42.4 Å². The van der Waals surface area contributed by atoms with Gasteiger partial charge in [0.15, 0.2) is 5.82 Å². The largest absolute Gasteiger partial charge is 0.378 e. The number of morpholine rings is 1. The zero-order valence-electron chi connectivity index (χ0n) is 11.0. The molecule has 1 aliphatic heterocycles. The van der Waals surface area contributed by atoms with Gasteiger partial charge in [0.2, 0.25) is 0 Å². The quantitative estimate of drug-likeness (QED) is 0.851. The Kier molecular flexibility index (Phi) is 4.19. The normalized spacial score (nSPS) is 15.2. The number of amides is 1. The average molecular weight is 327 g/mol. The van der Waals surface area contributed by atoms with Gasteiger partial charge >= 0.3 is 0 Å². The van der Waals surface area contributed by atoms with Crippen LogP contribution < -0.4 is 0 Å². The van der Waals surface area contributed by atoms with Crippen LogP contribution in [0.5, 0.6) is 0 Å². The molecule has 0 saturated carbocycles. The highest BCUT2D eigenvalue weighted by Crippen LogP contribution is 2.30. The number of hydrogen-bond donors (Lipinski definition) is 0. The number of thiazole rings is 1. The van der Waals surface area contributed by atoms with Crippen LogP contribution in [0.25, 0.3) is 10.6 Å². The van der Waals surface area contributed by atoms with Crippen LogP contribution in [0, 0.1) is 5.82 Å². The first-order valence-corrected chi connectivity index (χ1v) is 7.69. The highest BCUT2D eigenvalue weighted by atomic mass is 35.5. The van der Waals surface area contributed by atoms with Crippen LogP contribution in [0.1, 0.15) is 10.5 Å². The van der Waals surface area contributed by atoms with Crippen molar-refractivity contribution < 1.29 is 13.9 Å². The summed E-state index contributed by atoms with van der Waals surface area (Å²) in [4.78, 5) is 18.2. The molecule has 1 fully saturated rings. The Morgan fingerprint density at radius 1 is 1.38 bits per heavy atom. The molecular weight excluding hydrogens is 315 g/mol. The van der Waals surface area contributed by atoms with Crippen LogP contribution in [0.15, 0.2) is 23.6 Å². The summed E-state index contributed by atoms with van der Waals surface area (Å²) in [7, 11) is 0. The highest BCUT2D eigenvalue weighted by molar-refractivity contribution is 7.13. The molecule has 0 unspecified atom stereocenters. The standard InChI is InChI=1S/C14H12ClFN2O2S/c15-10-3-1-2-9(12(10)16)13-17-11(8-21-13)14(19)18-4-6-20-7-5-18/h1-3,8H,4-7H2. The van der Waals surface area contributed by atoms with Crippen LogP contribution in [0.2, 0.25) is 5.02 Å². The maximum absolute atomic E-state index is 14.0. The van der Waals surface area contributed by atoms with E-state index in [1.807, 2.05) is 0 Å². The van der Waals surface area contributed by atoms with E-state index in [4.69, 9.17) is 16.3 Å². The van der Waals surface area contributed by atoms with Gasteiger partial charge in [0.25, 0.3) is 5.91 Å². The van der Waals surface area contributed by atoms with E-state index < -0.39 is 5.82 Å². The van der Waals surface area contributed by atoms with Gasteiger partial charge in [-0.05, 0) is 12.1 Å². The minimum atomic E-state index is -0.515. The number of hydrogen-bond acceptors (Lipinski definition) is 4. The summed E-state index contributed by atoms with van der Waals surface area (Å²) in [6, 6.07) is 4.74. The molecule has 1 saturated heterocycles. The van der Waals surface area contributed by atoms with Crippen LogP contribution in [-0.4, -0.2) is 42.1 Å². The van der Waals surface area contributed by atoms with E-state index in [1.165, 1.54) is 17.4 Å². The summed E-state index contributed by atoms with van der Waals surface area (Å²) in [5.74, 6) is -0.665. The lowest BCUT2D eigenvalue weighted by Gasteiger charge is -2.25. The fourth-order valence-electron chi connectivity index (χ4n) is 2.09. The smallest absolute Gasteiger partial charge is 0.273 e. The van der Waals surface area contributed by atoms with Crippen molar-refractivity contribution in [1.29, 1.82) is 0 Å². The second-order valence-corrected chi connectivity index (χ2v) is 5.81. The molecule has 4 nitrogen and oxygen atoms in total. The van der Waals surface area contributed by atoms with Gasteiger partial charge in [-0.1, -0.05) is 17.7 Å². The van der Waals surface area contributed by atoms with Crippen molar-refractivity contribution in [2.24, 2.45) is 0 Å². The third kappa shape index (κ3) is 2.92. The summed E-state index contributed by atoms with van der Waals surface area (Å²) in [6.07, 6.45) is 0. The van der Waals surface area contributed by atoms with E-state index in [-0.39, 0.29) is 10.9 Å². The third-order valence-electron chi connectivity index (χ3n) is 3.20. The lowest BCUT2D eigenvalue weighted by molar-refractivity contribution is 0.0299. The van der Waals surface area contributed by atoms with Crippen LogP contribution in [-0.2, 0) is 4.74 Å².